The van der Waals surface area contributed by atoms with Gasteiger partial charge in [-0.1, -0.05) is 30.3 Å². The van der Waals surface area contributed by atoms with Crippen LogP contribution in [0, 0.1) is 0 Å². The number of carbonyl (C=O) groups is 2. The minimum absolute atomic E-state index is 0.122. The van der Waals surface area contributed by atoms with E-state index in [1.807, 2.05) is 18.2 Å². The Labute approximate surface area is 205 Å². The summed E-state index contributed by atoms with van der Waals surface area (Å²) in [5.41, 5.74) is 2.07. The van der Waals surface area contributed by atoms with Gasteiger partial charge in [0.05, 0.1) is 25.2 Å². The molecule has 0 aliphatic carbocycles. The van der Waals surface area contributed by atoms with Gasteiger partial charge < -0.3 is 15.0 Å². The van der Waals surface area contributed by atoms with Crippen LogP contribution >= 0.6 is 11.8 Å². The molecule has 2 amide bonds. The van der Waals surface area contributed by atoms with Crippen LogP contribution in [0.2, 0.25) is 0 Å². The molecule has 8 nitrogen and oxygen atoms in total. The van der Waals surface area contributed by atoms with Crippen LogP contribution in [0.25, 0.3) is 0 Å². The average Bonchev–Trinajstić information content (AvgIpc) is 2.85. The van der Waals surface area contributed by atoms with Crippen LogP contribution in [0.3, 0.4) is 0 Å². The molecule has 0 aromatic heterocycles. The Kier molecular flexibility index (Phi) is 9.79. The van der Waals surface area contributed by atoms with Gasteiger partial charge in [0.15, 0.2) is 0 Å². The lowest BCUT2D eigenvalue weighted by Gasteiger charge is -2.27. The SMILES string of the molecule is CS(=O)(=O)N(CC(=O)NCCCSCc1ccccc1)c1ccc(C(=O)N2CCOCC2)cc1. The van der Waals surface area contributed by atoms with E-state index in [0.717, 1.165) is 28.5 Å². The minimum atomic E-state index is -3.68. The lowest BCUT2D eigenvalue weighted by atomic mass is 10.1. The van der Waals surface area contributed by atoms with Gasteiger partial charge in [-0.2, -0.15) is 11.8 Å². The van der Waals surface area contributed by atoms with E-state index in [0.29, 0.717) is 44.1 Å². The third-order valence-electron chi connectivity index (χ3n) is 5.29. The Morgan fingerprint density at radius 1 is 1.06 bits per heavy atom. The Hall–Kier alpha value is -2.56. The predicted molar refractivity (Wildman–Crippen MR) is 136 cm³/mol. The fourth-order valence-corrected chi connectivity index (χ4v) is 5.25. The van der Waals surface area contributed by atoms with Gasteiger partial charge in [0, 0.05) is 31.0 Å². The number of benzene rings is 2. The van der Waals surface area contributed by atoms with Crippen molar-refractivity contribution in [2.24, 2.45) is 0 Å². The molecule has 1 aliphatic rings. The number of nitrogens with zero attached hydrogens (tertiary/aromatic N) is 2. The van der Waals surface area contributed by atoms with E-state index in [1.54, 1.807) is 40.9 Å². The molecule has 1 aliphatic heterocycles. The third-order valence-corrected chi connectivity index (χ3v) is 7.54. The molecule has 0 bridgehead atoms. The van der Waals surface area contributed by atoms with E-state index in [9.17, 15) is 18.0 Å². The van der Waals surface area contributed by atoms with Gasteiger partial charge in [0.25, 0.3) is 5.91 Å². The Morgan fingerprint density at radius 3 is 2.38 bits per heavy atom. The second-order valence-electron chi connectivity index (χ2n) is 7.96. The molecule has 0 spiro atoms. The highest BCUT2D eigenvalue weighted by Crippen LogP contribution is 2.19. The highest BCUT2D eigenvalue weighted by atomic mass is 32.2. The van der Waals surface area contributed by atoms with Gasteiger partial charge in [-0.3, -0.25) is 13.9 Å². The van der Waals surface area contributed by atoms with Gasteiger partial charge in [-0.15, -0.1) is 0 Å². The van der Waals surface area contributed by atoms with Crippen LogP contribution in [0.5, 0.6) is 0 Å². The zero-order valence-electron chi connectivity index (χ0n) is 19.3. The van der Waals surface area contributed by atoms with Crippen LogP contribution in [0.4, 0.5) is 5.69 Å². The van der Waals surface area contributed by atoms with Gasteiger partial charge >= 0.3 is 0 Å². The van der Waals surface area contributed by atoms with Crippen LogP contribution in [0.15, 0.2) is 54.6 Å². The number of anilines is 1. The maximum Gasteiger partial charge on any atom is 0.254 e. The number of ether oxygens (including phenoxy) is 1. The molecule has 1 saturated heterocycles. The summed E-state index contributed by atoms with van der Waals surface area (Å²) >= 11 is 1.79. The Balaban J connectivity index is 1.48. The molecule has 1 N–H and O–H groups in total. The molecule has 1 heterocycles. The number of nitrogens with one attached hydrogen (secondary N) is 1. The molecule has 184 valence electrons. The zero-order valence-corrected chi connectivity index (χ0v) is 20.9. The number of hydrogen-bond donors (Lipinski definition) is 1. The highest BCUT2D eigenvalue weighted by molar-refractivity contribution is 7.98. The summed E-state index contributed by atoms with van der Waals surface area (Å²) in [6, 6.07) is 16.5. The van der Waals surface area contributed by atoms with E-state index in [4.69, 9.17) is 4.74 Å². The second-order valence-corrected chi connectivity index (χ2v) is 11.0. The lowest BCUT2D eigenvalue weighted by Crippen LogP contribution is -2.41. The van der Waals surface area contributed by atoms with Crippen molar-refractivity contribution in [3.05, 3.63) is 65.7 Å². The highest BCUT2D eigenvalue weighted by Gasteiger charge is 2.22. The molecule has 2 aromatic rings. The van der Waals surface area contributed by atoms with Crippen molar-refractivity contribution < 1.29 is 22.7 Å². The van der Waals surface area contributed by atoms with Gasteiger partial charge in [-0.25, -0.2) is 8.42 Å². The molecule has 2 aromatic carbocycles. The van der Waals surface area contributed by atoms with Gasteiger partial charge in [0.1, 0.15) is 6.54 Å². The maximum atomic E-state index is 12.6. The molecule has 0 radical (unpaired) electrons. The molecular formula is C24H31N3O5S2. The number of sulfonamides is 1. The Bertz CT molecular complexity index is 1040. The first-order valence-electron chi connectivity index (χ1n) is 11.2. The van der Waals surface area contributed by atoms with Crippen molar-refractivity contribution in [1.82, 2.24) is 10.2 Å². The minimum Gasteiger partial charge on any atom is -0.378 e. The normalized spacial score (nSPS) is 14.0. The summed E-state index contributed by atoms with van der Waals surface area (Å²) < 4.78 is 31.0. The zero-order chi connectivity index (χ0) is 24.4. The van der Waals surface area contributed by atoms with Gasteiger partial charge in [0.2, 0.25) is 15.9 Å². The Morgan fingerprint density at radius 2 is 1.74 bits per heavy atom. The summed E-state index contributed by atoms with van der Waals surface area (Å²) in [5.74, 6) is 1.32. The number of carbonyl (C=O) groups excluding carboxylic acids is 2. The first-order valence-corrected chi connectivity index (χ1v) is 14.2. The molecule has 0 unspecified atom stereocenters. The number of amides is 2. The number of hydrogen-bond acceptors (Lipinski definition) is 6. The van der Waals surface area contributed by atoms with Crippen molar-refractivity contribution in [2.45, 2.75) is 12.2 Å². The third kappa shape index (κ3) is 8.03. The molecule has 1 fully saturated rings. The largest absolute Gasteiger partial charge is 0.378 e. The van der Waals surface area contributed by atoms with Crippen LogP contribution in [-0.2, 0) is 25.3 Å². The second kappa shape index (κ2) is 12.8. The fourth-order valence-electron chi connectivity index (χ4n) is 3.47. The standard InChI is InChI=1S/C24H31N3O5S2/c1-34(30,31)27(18-23(28)25-12-5-17-33-19-20-6-3-2-4-7-20)22-10-8-21(9-11-22)24(29)26-13-15-32-16-14-26/h2-4,6-11H,5,12-19H2,1H3,(H,25,28). The van der Waals surface area contributed by atoms with E-state index in [1.165, 1.54) is 5.56 Å². The molecule has 0 saturated carbocycles. The van der Waals surface area contributed by atoms with Crippen molar-refractivity contribution in [3.63, 3.8) is 0 Å². The molecule has 10 heteroatoms. The van der Waals surface area contributed by atoms with Gasteiger partial charge in [-0.05, 0) is 42.0 Å². The summed E-state index contributed by atoms with van der Waals surface area (Å²) in [6.45, 7) is 2.24. The molecule has 34 heavy (non-hydrogen) atoms. The van der Waals surface area contributed by atoms with E-state index in [2.05, 4.69) is 17.4 Å². The first kappa shape index (κ1) is 26.1. The molecule has 0 atom stereocenters. The number of thioether (sulfide) groups is 1. The quantitative estimate of drug-likeness (QED) is 0.471. The van der Waals surface area contributed by atoms with E-state index < -0.39 is 10.0 Å². The summed E-state index contributed by atoms with van der Waals surface area (Å²) in [6.07, 6.45) is 1.85. The van der Waals surface area contributed by atoms with E-state index in [-0.39, 0.29) is 18.4 Å². The van der Waals surface area contributed by atoms with Crippen LogP contribution in [-0.4, -0.2) is 76.5 Å². The number of morpholine rings is 1. The van der Waals surface area contributed by atoms with Crippen molar-refractivity contribution in [2.75, 3.05) is 55.7 Å². The van der Waals surface area contributed by atoms with Crippen molar-refractivity contribution >= 4 is 39.3 Å². The van der Waals surface area contributed by atoms with Crippen molar-refractivity contribution in [3.8, 4) is 0 Å². The fraction of sp³-hybridized carbons (Fsp3) is 0.417. The summed E-state index contributed by atoms with van der Waals surface area (Å²) in [5, 5.41) is 2.80. The van der Waals surface area contributed by atoms with E-state index >= 15 is 0 Å². The maximum absolute atomic E-state index is 12.6. The summed E-state index contributed by atoms with van der Waals surface area (Å²) in [7, 11) is -3.68. The molecule has 3 rings (SSSR count). The van der Waals surface area contributed by atoms with Crippen LogP contribution < -0.4 is 9.62 Å². The average molecular weight is 506 g/mol. The number of rotatable bonds is 11. The van der Waals surface area contributed by atoms with Crippen LogP contribution in [0.1, 0.15) is 22.3 Å². The monoisotopic (exact) mass is 505 g/mol. The summed E-state index contributed by atoms with van der Waals surface area (Å²) in [4.78, 5) is 26.7. The predicted octanol–water partition coefficient (Wildman–Crippen LogP) is 2.36. The van der Waals surface area contributed by atoms with Crippen molar-refractivity contribution in [1.29, 1.82) is 0 Å². The smallest absolute Gasteiger partial charge is 0.254 e. The first-order chi connectivity index (χ1) is 16.3. The topological polar surface area (TPSA) is 96.0 Å². The lowest BCUT2D eigenvalue weighted by molar-refractivity contribution is -0.119. The molecular weight excluding hydrogens is 474 g/mol.